The van der Waals surface area contributed by atoms with E-state index in [0.717, 1.165) is 49.0 Å². The van der Waals surface area contributed by atoms with Gasteiger partial charge in [0, 0.05) is 36.7 Å². The van der Waals surface area contributed by atoms with E-state index in [1.54, 1.807) is 0 Å². The standard InChI is InChI=1S/C24H28O2/c1-5-6-7-8-9-10-11-18-15-21(25)23-19-14-17(2)12-13-20(19)24(3,4)26-22(23)16-18/h1,12,15-16,19-20,25H,6-8,11,13-14H2,2-4H3/t19-,20-/m1/s1. The molecule has 0 amide bonds. The van der Waals surface area contributed by atoms with Gasteiger partial charge in [0.25, 0.3) is 0 Å². The molecule has 2 heteroatoms. The summed E-state index contributed by atoms with van der Waals surface area (Å²) in [5.41, 5.74) is 3.15. The molecule has 0 saturated carbocycles. The molecule has 2 aliphatic rings. The monoisotopic (exact) mass is 348 g/mol. The van der Waals surface area contributed by atoms with Crippen LogP contribution in [0.3, 0.4) is 0 Å². The highest BCUT2D eigenvalue weighted by Gasteiger charge is 2.45. The Labute approximate surface area is 157 Å². The fourth-order valence-electron chi connectivity index (χ4n) is 4.25. The van der Waals surface area contributed by atoms with Gasteiger partial charge in [0.05, 0.1) is 0 Å². The van der Waals surface area contributed by atoms with Gasteiger partial charge in [0.15, 0.2) is 0 Å². The van der Waals surface area contributed by atoms with Gasteiger partial charge in [-0.1, -0.05) is 17.6 Å². The van der Waals surface area contributed by atoms with Crippen molar-refractivity contribution in [3.63, 3.8) is 0 Å². The molecular formula is C24H28O2. The number of hydrogen-bond donors (Lipinski definition) is 1. The Hall–Kier alpha value is -2.32. The molecule has 2 atom stereocenters. The first-order valence-corrected chi connectivity index (χ1v) is 9.52. The molecule has 0 fully saturated rings. The number of aromatic hydroxyl groups is 1. The van der Waals surface area contributed by atoms with Crippen LogP contribution in [0.1, 0.15) is 69.9 Å². The number of allylic oxidation sites excluding steroid dienone is 2. The number of ether oxygens (including phenoxy) is 1. The summed E-state index contributed by atoms with van der Waals surface area (Å²) in [4.78, 5) is 0. The number of terminal acetylenes is 1. The van der Waals surface area contributed by atoms with Gasteiger partial charge in [0.1, 0.15) is 17.1 Å². The van der Waals surface area contributed by atoms with E-state index in [0.29, 0.717) is 24.0 Å². The lowest BCUT2D eigenvalue weighted by Crippen LogP contribution is -2.45. The van der Waals surface area contributed by atoms with Crippen molar-refractivity contribution in [3.8, 4) is 35.7 Å². The van der Waals surface area contributed by atoms with E-state index in [1.165, 1.54) is 5.57 Å². The highest BCUT2D eigenvalue weighted by Crippen LogP contribution is 2.54. The maximum atomic E-state index is 10.7. The normalized spacial score (nSPS) is 22.6. The van der Waals surface area contributed by atoms with Gasteiger partial charge in [-0.25, -0.2) is 0 Å². The summed E-state index contributed by atoms with van der Waals surface area (Å²) >= 11 is 0. The highest BCUT2D eigenvalue weighted by molar-refractivity contribution is 5.53. The third-order valence-corrected chi connectivity index (χ3v) is 5.61. The van der Waals surface area contributed by atoms with Crippen molar-refractivity contribution < 1.29 is 9.84 Å². The van der Waals surface area contributed by atoms with Gasteiger partial charge in [-0.05, 0) is 57.7 Å². The van der Waals surface area contributed by atoms with E-state index in [1.807, 2.05) is 6.07 Å². The Balaban J connectivity index is 1.84. The number of phenols is 1. The molecule has 1 aliphatic heterocycles. The van der Waals surface area contributed by atoms with E-state index >= 15 is 0 Å². The minimum atomic E-state index is -0.235. The zero-order valence-electron chi connectivity index (χ0n) is 16.1. The minimum absolute atomic E-state index is 0.235. The van der Waals surface area contributed by atoms with Crippen LogP contribution in [0.4, 0.5) is 0 Å². The van der Waals surface area contributed by atoms with Gasteiger partial charge >= 0.3 is 0 Å². The zero-order valence-corrected chi connectivity index (χ0v) is 16.1. The number of fused-ring (bicyclic) bond motifs is 3. The SMILES string of the molecule is C#CCCCC#CCc1cc(O)c2c(c1)OC(C)(C)[C@@H]1CC=C(C)C[C@@H]21. The van der Waals surface area contributed by atoms with Crippen LogP contribution in [-0.4, -0.2) is 10.7 Å². The Morgan fingerprint density at radius 3 is 2.85 bits per heavy atom. The third kappa shape index (κ3) is 3.76. The first-order valence-electron chi connectivity index (χ1n) is 9.52. The van der Waals surface area contributed by atoms with Crippen LogP contribution in [0.5, 0.6) is 11.5 Å². The van der Waals surface area contributed by atoms with Crippen molar-refractivity contribution in [1.29, 1.82) is 0 Å². The average Bonchev–Trinajstić information content (AvgIpc) is 2.56. The van der Waals surface area contributed by atoms with Crippen molar-refractivity contribution in [2.24, 2.45) is 5.92 Å². The van der Waals surface area contributed by atoms with E-state index in [4.69, 9.17) is 11.2 Å². The molecule has 0 bridgehead atoms. The van der Waals surface area contributed by atoms with Crippen molar-refractivity contribution >= 4 is 0 Å². The van der Waals surface area contributed by atoms with E-state index in [2.05, 4.69) is 50.7 Å². The maximum Gasteiger partial charge on any atom is 0.127 e. The fraction of sp³-hybridized carbons (Fsp3) is 0.500. The smallest absolute Gasteiger partial charge is 0.127 e. The number of unbranched alkanes of at least 4 members (excludes halogenated alkanes) is 2. The van der Waals surface area contributed by atoms with Crippen LogP contribution in [0, 0.1) is 30.1 Å². The molecule has 3 rings (SSSR count). The maximum absolute atomic E-state index is 10.7. The van der Waals surface area contributed by atoms with Crippen LogP contribution in [0.25, 0.3) is 0 Å². The second kappa shape index (κ2) is 7.51. The summed E-state index contributed by atoms with van der Waals surface area (Å²) in [6.45, 7) is 6.51. The molecule has 1 aromatic carbocycles. The molecule has 0 saturated heterocycles. The minimum Gasteiger partial charge on any atom is -0.508 e. The molecule has 136 valence electrons. The third-order valence-electron chi connectivity index (χ3n) is 5.61. The lowest BCUT2D eigenvalue weighted by molar-refractivity contribution is 0.00754. The Morgan fingerprint density at radius 2 is 2.08 bits per heavy atom. The number of benzene rings is 1. The fourth-order valence-corrected chi connectivity index (χ4v) is 4.25. The zero-order chi connectivity index (χ0) is 18.7. The molecule has 26 heavy (non-hydrogen) atoms. The van der Waals surface area contributed by atoms with Gasteiger partial charge in [-0.3, -0.25) is 0 Å². The quantitative estimate of drug-likeness (QED) is 0.453. The molecular weight excluding hydrogens is 320 g/mol. The first-order chi connectivity index (χ1) is 12.4. The molecule has 0 aromatic heterocycles. The Bertz CT molecular complexity index is 811. The van der Waals surface area contributed by atoms with Gasteiger partial charge in [-0.15, -0.1) is 18.3 Å². The molecule has 1 aliphatic carbocycles. The van der Waals surface area contributed by atoms with Crippen LogP contribution in [0.15, 0.2) is 23.8 Å². The van der Waals surface area contributed by atoms with Crippen molar-refractivity contribution in [1.82, 2.24) is 0 Å². The molecule has 0 unspecified atom stereocenters. The predicted octanol–water partition coefficient (Wildman–Crippen LogP) is 5.35. The molecule has 1 heterocycles. The lowest BCUT2D eigenvalue weighted by Gasteiger charge is -2.47. The summed E-state index contributed by atoms with van der Waals surface area (Å²) in [6.07, 6.45) is 12.7. The second-order valence-electron chi connectivity index (χ2n) is 8.02. The van der Waals surface area contributed by atoms with Crippen LogP contribution in [0.2, 0.25) is 0 Å². The van der Waals surface area contributed by atoms with Crippen molar-refractivity contribution in [3.05, 3.63) is 34.9 Å². The van der Waals surface area contributed by atoms with Gasteiger partial charge < -0.3 is 9.84 Å². The summed E-state index contributed by atoms with van der Waals surface area (Å²) < 4.78 is 6.35. The van der Waals surface area contributed by atoms with Crippen LogP contribution >= 0.6 is 0 Å². The summed E-state index contributed by atoms with van der Waals surface area (Å²) in [5.74, 6) is 10.9. The number of phenolic OH excluding ortho intramolecular Hbond substituents is 1. The summed E-state index contributed by atoms with van der Waals surface area (Å²) in [6, 6.07) is 3.93. The van der Waals surface area contributed by atoms with Crippen LogP contribution < -0.4 is 4.74 Å². The van der Waals surface area contributed by atoms with Crippen LogP contribution in [-0.2, 0) is 6.42 Å². The number of rotatable bonds is 3. The molecule has 0 spiro atoms. The first kappa shape index (κ1) is 18.5. The van der Waals surface area contributed by atoms with E-state index < -0.39 is 0 Å². The van der Waals surface area contributed by atoms with Crippen molar-refractivity contribution in [2.45, 2.75) is 70.8 Å². The lowest BCUT2D eigenvalue weighted by atomic mass is 9.67. The van der Waals surface area contributed by atoms with Gasteiger partial charge in [0.2, 0.25) is 0 Å². The Morgan fingerprint density at radius 1 is 1.27 bits per heavy atom. The van der Waals surface area contributed by atoms with E-state index in [-0.39, 0.29) is 5.60 Å². The Kier molecular flexibility index (Phi) is 5.33. The van der Waals surface area contributed by atoms with Gasteiger partial charge in [-0.2, -0.15) is 0 Å². The average molecular weight is 348 g/mol. The predicted molar refractivity (Wildman–Crippen MR) is 106 cm³/mol. The molecule has 2 nitrogen and oxygen atoms in total. The molecule has 0 radical (unpaired) electrons. The summed E-state index contributed by atoms with van der Waals surface area (Å²) in [5, 5.41) is 10.7. The topological polar surface area (TPSA) is 29.5 Å². The second-order valence-corrected chi connectivity index (χ2v) is 8.02. The highest BCUT2D eigenvalue weighted by atomic mass is 16.5. The molecule has 1 N–H and O–H groups in total. The molecule has 1 aromatic rings. The van der Waals surface area contributed by atoms with Crippen molar-refractivity contribution in [2.75, 3.05) is 0 Å². The largest absolute Gasteiger partial charge is 0.508 e. The number of hydrogen-bond acceptors (Lipinski definition) is 2. The summed E-state index contributed by atoms with van der Waals surface area (Å²) in [7, 11) is 0. The van der Waals surface area contributed by atoms with E-state index in [9.17, 15) is 5.11 Å².